The molecular formula is C25H24FN3O3S. The number of hydrogen-bond acceptors (Lipinski definition) is 4. The Morgan fingerprint density at radius 1 is 1.06 bits per heavy atom. The van der Waals surface area contributed by atoms with Crippen molar-refractivity contribution in [2.45, 2.75) is 25.6 Å². The lowest BCUT2D eigenvalue weighted by molar-refractivity contribution is -0.138. The first-order chi connectivity index (χ1) is 15.9. The number of nitrogens with zero attached hydrogens (tertiary/aromatic N) is 3. The number of hydrogen-bond donors (Lipinski definition) is 0. The highest BCUT2D eigenvalue weighted by Crippen LogP contribution is 2.35. The molecule has 2 atom stereocenters. The minimum Gasteiger partial charge on any atom is -0.337 e. The predicted octanol–water partition coefficient (Wildman–Crippen LogP) is 4.61. The average Bonchev–Trinajstić information content (AvgIpc) is 3.42. The van der Waals surface area contributed by atoms with Gasteiger partial charge in [-0.05, 0) is 41.6 Å². The van der Waals surface area contributed by atoms with Crippen molar-refractivity contribution in [3.63, 3.8) is 0 Å². The Labute approximate surface area is 195 Å². The van der Waals surface area contributed by atoms with Gasteiger partial charge in [0, 0.05) is 18.5 Å². The Hall–Kier alpha value is -3.52. The zero-order valence-electron chi connectivity index (χ0n) is 18.3. The summed E-state index contributed by atoms with van der Waals surface area (Å²) in [6.45, 7) is 1.72. The molecule has 2 heterocycles. The second-order valence-electron chi connectivity index (χ2n) is 7.97. The lowest BCUT2D eigenvalue weighted by Gasteiger charge is -2.27. The molecule has 1 aliphatic rings. The molecule has 1 aromatic heterocycles. The number of rotatable bonds is 7. The van der Waals surface area contributed by atoms with Crippen LogP contribution in [0.4, 0.5) is 9.18 Å². The molecule has 4 rings (SSSR count). The highest BCUT2D eigenvalue weighted by atomic mass is 32.1. The summed E-state index contributed by atoms with van der Waals surface area (Å²) in [6.07, 6.45) is 0. The van der Waals surface area contributed by atoms with E-state index in [4.69, 9.17) is 0 Å². The van der Waals surface area contributed by atoms with Gasteiger partial charge in [-0.2, -0.15) is 0 Å². The Bertz CT molecular complexity index is 1140. The number of carbonyl (C=O) groups is 3. The minimum absolute atomic E-state index is 0.264. The normalized spacial score (nSPS) is 16.9. The maximum Gasteiger partial charge on any atom is 0.328 e. The van der Waals surface area contributed by atoms with Crippen LogP contribution in [0.15, 0.2) is 72.1 Å². The number of amides is 4. The van der Waals surface area contributed by atoms with E-state index in [1.165, 1.54) is 33.3 Å². The van der Waals surface area contributed by atoms with E-state index in [9.17, 15) is 18.8 Å². The Kier molecular flexibility index (Phi) is 6.55. The molecule has 0 bridgehead atoms. The number of carbonyl (C=O) groups excluding carboxylic acids is 3. The van der Waals surface area contributed by atoms with E-state index in [2.05, 4.69) is 0 Å². The van der Waals surface area contributed by atoms with Crippen LogP contribution in [0.1, 0.15) is 35.0 Å². The van der Waals surface area contributed by atoms with Gasteiger partial charge in [-0.25, -0.2) is 9.18 Å². The number of thiophene rings is 1. The summed E-state index contributed by atoms with van der Waals surface area (Å²) in [6, 6.07) is 17.4. The van der Waals surface area contributed by atoms with Crippen molar-refractivity contribution in [2.24, 2.45) is 0 Å². The number of likely N-dealkylation sites (N-methyl/N-ethyl adjacent to an activating group) is 1. The van der Waals surface area contributed by atoms with Crippen LogP contribution in [0.5, 0.6) is 0 Å². The molecule has 0 spiro atoms. The minimum atomic E-state index is -0.759. The molecule has 0 saturated carbocycles. The van der Waals surface area contributed by atoms with Crippen LogP contribution in [-0.2, 0) is 16.1 Å². The molecule has 3 aromatic rings. The standard InChI is InChI=1S/C25H24FN3O3S/c1-17(19-10-12-20(26)13-11-19)27(2)22(30)16-29-24(31)23(21-9-6-14-33-21)28(25(29)32)15-18-7-4-3-5-8-18/h3-14,17,23H,15-16H2,1-2H3. The third kappa shape index (κ3) is 4.66. The number of urea groups is 1. The van der Waals surface area contributed by atoms with E-state index in [-0.39, 0.29) is 30.9 Å². The van der Waals surface area contributed by atoms with E-state index in [1.54, 1.807) is 19.2 Å². The Morgan fingerprint density at radius 3 is 2.39 bits per heavy atom. The lowest BCUT2D eigenvalue weighted by atomic mass is 10.1. The average molecular weight is 466 g/mol. The molecule has 1 aliphatic heterocycles. The van der Waals surface area contributed by atoms with Crippen LogP contribution in [0.25, 0.3) is 0 Å². The first kappa shape index (κ1) is 22.7. The molecule has 0 N–H and O–H groups in total. The molecule has 4 amide bonds. The maximum absolute atomic E-state index is 13.3. The summed E-state index contributed by atoms with van der Waals surface area (Å²) in [5, 5.41) is 1.86. The third-order valence-electron chi connectivity index (χ3n) is 5.92. The monoisotopic (exact) mass is 465 g/mol. The van der Waals surface area contributed by atoms with Gasteiger partial charge < -0.3 is 9.80 Å². The lowest BCUT2D eigenvalue weighted by Crippen LogP contribution is -2.42. The zero-order valence-corrected chi connectivity index (χ0v) is 19.2. The predicted molar refractivity (Wildman–Crippen MR) is 124 cm³/mol. The molecule has 8 heteroatoms. The van der Waals surface area contributed by atoms with Gasteiger partial charge in [0.05, 0.1) is 6.04 Å². The molecule has 2 aromatic carbocycles. The van der Waals surface area contributed by atoms with Gasteiger partial charge in [0.15, 0.2) is 0 Å². The van der Waals surface area contributed by atoms with E-state index in [0.717, 1.165) is 20.9 Å². The summed E-state index contributed by atoms with van der Waals surface area (Å²) in [5.41, 5.74) is 1.66. The largest absolute Gasteiger partial charge is 0.337 e. The van der Waals surface area contributed by atoms with Crippen molar-refractivity contribution in [3.05, 3.63) is 93.9 Å². The van der Waals surface area contributed by atoms with E-state index >= 15 is 0 Å². The molecule has 1 saturated heterocycles. The van der Waals surface area contributed by atoms with Gasteiger partial charge >= 0.3 is 6.03 Å². The highest BCUT2D eigenvalue weighted by Gasteiger charge is 2.47. The zero-order chi connectivity index (χ0) is 23.5. The molecule has 6 nitrogen and oxygen atoms in total. The highest BCUT2D eigenvalue weighted by molar-refractivity contribution is 7.10. The van der Waals surface area contributed by atoms with E-state index in [0.29, 0.717) is 0 Å². The van der Waals surface area contributed by atoms with Crippen molar-refractivity contribution >= 4 is 29.2 Å². The second-order valence-corrected chi connectivity index (χ2v) is 8.95. The number of benzene rings is 2. The fraction of sp³-hybridized carbons (Fsp3) is 0.240. The van der Waals surface area contributed by atoms with Gasteiger partial charge in [0.1, 0.15) is 18.4 Å². The molecule has 0 aliphatic carbocycles. The summed E-state index contributed by atoms with van der Waals surface area (Å²) >= 11 is 1.40. The molecule has 170 valence electrons. The molecule has 0 radical (unpaired) electrons. The molecule has 33 heavy (non-hydrogen) atoms. The molecule has 1 fully saturated rings. The first-order valence-electron chi connectivity index (χ1n) is 10.6. The fourth-order valence-corrected chi connectivity index (χ4v) is 4.70. The van der Waals surface area contributed by atoms with Crippen LogP contribution < -0.4 is 0 Å². The van der Waals surface area contributed by atoms with Crippen molar-refractivity contribution in [1.29, 1.82) is 0 Å². The summed E-state index contributed by atoms with van der Waals surface area (Å²) in [4.78, 5) is 44.4. The fourth-order valence-electron chi connectivity index (χ4n) is 3.88. The van der Waals surface area contributed by atoms with Crippen molar-refractivity contribution < 1.29 is 18.8 Å². The van der Waals surface area contributed by atoms with Crippen LogP contribution >= 0.6 is 11.3 Å². The quantitative estimate of drug-likeness (QED) is 0.479. The maximum atomic E-state index is 13.3. The summed E-state index contributed by atoms with van der Waals surface area (Å²) < 4.78 is 13.2. The third-order valence-corrected chi connectivity index (χ3v) is 6.84. The second kappa shape index (κ2) is 9.54. The summed E-state index contributed by atoms with van der Waals surface area (Å²) in [7, 11) is 1.61. The van der Waals surface area contributed by atoms with Gasteiger partial charge in [-0.3, -0.25) is 14.5 Å². The van der Waals surface area contributed by atoms with Crippen LogP contribution in [-0.4, -0.2) is 46.1 Å². The van der Waals surface area contributed by atoms with Crippen LogP contribution in [0.2, 0.25) is 0 Å². The Balaban J connectivity index is 1.54. The number of imide groups is 1. The summed E-state index contributed by atoms with van der Waals surface area (Å²) in [5.74, 6) is -1.14. The van der Waals surface area contributed by atoms with Crippen molar-refractivity contribution in [3.8, 4) is 0 Å². The van der Waals surface area contributed by atoms with E-state index < -0.39 is 18.0 Å². The number of halogens is 1. The van der Waals surface area contributed by atoms with Gasteiger partial charge in [-0.1, -0.05) is 48.5 Å². The smallest absolute Gasteiger partial charge is 0.328 e. The van der Waals surface area contributed by atoms with Crippen molar-refractivity contribution in [1.82, 2.24) is 14.7 Å². The van der Waals surface area contributed by atoms with Gasteiger partial charge in [-0.15, -0.1) is 11.3 Å². The van der Waals surface area contributed by atoms with Crippen LogP contribution in [0.3, 0.4) is 0 Å². The molecule has 2 unspecified atom stereocenters. The van der Waals surface area contributed by atoms with Gasteiger partial charge in [0.2, 0.25) is 5.91 Å². The Morgan fingerprint density at radius 2 is 1.76 bits per heavy atom. The first-order valence-corrected chi connectivity index (χ1v) is 11.4. The topological polar surface area (TPSA) is 60.9 Å². The SMILES string of the molecule is CC(c1ccc(F)cc1)N(C)C(=O)CN1C(=O)C(c2cccs2)N(Cc2ccccc2)C1=O. The van der Waals surface area contributed by atoms with Crippen molar-refractivity contribution in [2.75, 3.05) is 13.6 Å². The van der Waals surface area contributed by atoms with Crippen LogP contribution in [0, 0.1) is 5.82 Å². The molecular weight excluding hydrogens is 441 g/mol. The van der Waals surface area contributed by atoms with E-state index in [1.807, 2.05) is 54.8 Å². The van der Waals surface area contributed by atoms with Gasteiger partial charge in [0.25, 0.3) is 5.91 Å².